The Morgan fingerprint density at radius 3 is 2.58 bits per heavy atom. The molecule has 154 valence electrons. The zero-order valence-electron chi connectivity index (χ0n) is 16.7. The molecule has 0 saturated heterocycles. The number of hydrogen-bond acceptors (Lipinski definition) is 4. The molecule has 6 heteroatoms. The smallest absolute Gasteiger partial charge is 0.261 e. The van der Waals surface area contributed by atoms with Crippen molar-refractivity contribution >= 4 is 16.7 Å². The fourth-order valence-corrected chi connectivity index (χ4v) is 3.75. The summed E-state index contributed by atoms with van der Waals surface area (Å²) < 4.78 is 11.1. The van der Waals surface area contributed by atoms with Gasteiger partial charge in [0.15, 0.2) is 11.5 Å². The number of H-pyrrole nitrogens is 1. The first-order chi connectivity index (χ1) is 15.2. The number of aromatic nitrogens is 1. The van der Waals surface area contributed by atoms with E-state index in [9.17, 15) is 9.59 Å². The van der Waals surface area contributed by atoms with Gasteiger partial charge in [0.25, 0.3) is 11.5 Å². The minimum Gasteiger partial charge on any atom is -0.486 e. The maximum absolute atomic E-state index is 12.6. The summed E-state index contributed by atoms with van der Waals surface area (Å²) in [4.78, 5) is 28.1. The second-order valence-electron chi connectivity index (χ2n) is 7.30. The Morgan fingerprint density at radius 1 is 0.903 bits per heavy atom. The Labute approximate surface area is 178 Å². The van der Waals surface area contributed by atoms with Gasteiger partial charge in [-0.05, 0) is 40.6 Å². The van der Waals surface area contributed by atoms with Gasteiger partial charge in [-0.2, -0.15) is 0 Å². The average molecular weight is 412 g/mol. The van der Waals surface area contributed by atoms with Crippen LogP contribution in [0.5, 0.6) is 11.5 Å². The van der Waals surface area contributed by atoms with Crippen molar-refractivity contribution in [3.8, 4) is 22.8 Å². The van der Waals surface area contributed by atoms with Gasteiger partial charge in [-0.15, -0.1) is 0 Å². The van der Waals surface area contributed by atoms with Crippen LogP contribution in [-0.2, 0) is 6.54 Å². The van der Waals surface area contributed by atoms with Gasteiger partial charge in [0.2, 0.25) is 0 Å². The molecule has 0 bridgehead atoms. The van der Waals surface area contributed by atoms with Crippen LogP contribution in [0.1, 0.15) is 15.9 Å². The normalized spacial score (nSPS) is 12.5. The summed E-state index contributed by atoms with van der Waals surface area (Å²) in [6.07, 6.45) is 0. The van der Waals surface area contributed by atoms with Gasteiger partial charge in [0, 0.05) is 17.8 Å². The lowest BCUT2D eigenvalue weighted by Crippen LogP contribution is -2.29. The zero-order chi connectivity index (χ0) is 21.2. The molecule has 0 fully saturated rings. The van der Waals surface area contributed by atoms with Crippen LogP contribution in [0.3, 0.4) is 0 Å². The molecule has 0 radical (unpaired) electrons. The van der Waals surface area contributed by atoms with Crippen molar-refractivity contribution in [2.45, 2.75) is 6.54 Å². The van der Waals surface area contributed by atoms with Crippen LogP contribution in [0.4, 0.5) is 0 Å². The third-order valence-corrected chi connectivity index (χ3v) is 5.29. The number of carbonyl (C=O) groups excluding carboxylic acids is 1. The number of benzene rings is 3. The number of amides is 1. The van der Waals surface area contributed by atoms with Crippen molar-refractivity contribution in [3.05, 3.63) is 94.3 Å². The number of carbonyl (C=O) groups is 1. The van der Waals surface area contributed by atoms with Crippen LogP contribution >= 0.6 is 0 Å². The first-order valence-electron chi connectivity index (χ1n) is 10.1. The van der Waals surface area contributed by atoms with Crippen LogP contribution in [0.2, 0.25) is 0 Å². The summed E-state index contributed by atoms with van der Waals surface area (Å²) in [5.74, 6) is 0.928. The predicted octanol–water partition coefficient (Wildman–Crippen LogP) is 3.90. The second-order valence-corrected chi connectivity index (χ2v) is 7.30. The molecule has 0 spiro atoms. The van der Waals surface area contributed by atoms with Gasteiger partial charge in [0.1, 0.15) is 18.8 Å². The first kappa shape index (κ1) is 18.9. The fraction of sp³-hybridized carbons (Fsp3) is 0.120. The lowest BCUT2D eigenvalue weighted by molar-refractivity contribution is 0.0949. The van der Waals surface area contributed by atoms with Crippen molar-refractivity contribution in [1.82, 2.24) is 10.3 Å². The van der Waals surface area contributed by atoms with Gasteiger partial charge in [-0.1, -0.05) is 48.5 Å². The summed E-state index contributed by atoms with van der Waals surface area (Å²) in [6, 6.07) is 22.8. The Hall–Kier alpha value is -4.06. The minimum atomic E-state index is -0.430. The molecule has 1 aromatic heterocycles. The second kappa shape index (κ2) is 7.99. The molecule has 0 saturated carbocycles. The van der Waals surface area contributed by atoms with Crippen LogP contribution in [-0.4, -0.2) is 24.1 Å². The molecule has 1 aliphatic rings. The molecule has 5 rings (SSSR count). The van der Waals surface area contributed by atoms with E-state index in [2.05, 4.69) is 10.3 Å². The summed E-state index contributed by atoms with van der Waals surface area (Å²) >= 11 is 0. The monoisotopic (exact) mass is 412 g/mol. The zero-order valence-corrected chi connectivity index (χ0v) is 16.7. The molecule has 0 atom stereocenters. The molecular weight excluding hydrogens is 392 g/mol. The highest BCUT2D eigenvalue weighted by Crippen LogP contribution is 2.30. The third-order valence-electron chi connectivity index (χ3n) is 5.29. The fourth-order valence-electron chi connectivity index (χ4n) is 3.75. The lowest BCUT2D eigenvalue weighted by Gasteiger charge is -2.19. The van der Waals surface area contributed by atoms with E-state index in [4.69, 9.17) is 9.47 Å². The molecule has 3 aromatic carbocycles. The summed E-state index contributed by atoms with van der Waals surface area (Å²) in [5, 5.41) is 4.92. The van der Waals surface area contributed by atoms with Crippen molar-refractivity contribution in [1.29, 1.82) is 0 Å². The molecule has 1 amide bonds. The largest absolute Gasteiger partial charge is 0.486 e. The first-order valence-corrected chi connectivity index (χ1v) is 10.1. The number of fused-ring (bicyclic) bond motifs is 2. The van der Waals surface area contributed by atoms with Crippen molar-refractivity contribution < 1.29 is 14.3 Å². The Morgan fingerprint density at radius 2 is 1.71 bits per heavy atom. The maximum Gasteiger partial charge on any atom is 0.261 e. The highest BCUT2D eigenvalue weighted by molar-refractivity contribution is 5.97. The van der Waals surface area contributed by atoms with Crippen LogP contribution in [0, 0.1) is 0 Å². The molecule has 31 heavy (non-hydrogen) atoms. The molecule has 2 N–H and O–H groups in total. The van der Waals surface area contributed by atoms with E-state index in [0.717, 1.165) is 21.9 Å². The molecule has 0 unspecified atom stereocenters. The van der Waals surface area contributed by atoms with Gasteiger partial charge >= 0.3 is 0 Å². The number of ether oxygens (including phenoxy) is 2. The Bertz CT molecular complexity index is 1340. The molecule has 2 heterocycles. The van der Waals surface area contributed by atoms with Crippen LogP contribution < -0.4 is 20.3 Å². The summed E-state index contributed by atoms with van der Waals surface area (Å²) in [5.41, 5.74) is 2.09. The van der Waals surface area contributed by atoms with Crippen LogP contribution in [0.25, 0.3) is 22.0 Å². The average Bonchev–Trinajstić information content (AvgIpc) is 2.82. The molecular formula is C25H20N2O4. The molecule has 0 aliphatic carbocycles. The lowest BCUT2D eigenvalue weighted by atomic mass is 10.0. The van der Waals surface area contributed by atoms with Crippen molar-refractivity contribution in [2.24, 2.45) is 0 Å². The van der Waals surface area contributed by atoms with E-state index in [1.54, 1.807) is 12.1 Å². The molecule has 1 aliphatic heterocycles. The summed E-state index contributed by atoms with van der Waals surface area (Å²) in [7, 11) is 0. The van der Waals surface area contributed by atoms with Crippen molar-refractivity contribution in [3.63, 3.8) is 0 Å². The van der Waals surface area contributed by atoms with Gasteiger partial charge in [-0.25, -0.2) is 0 Å². The van der Waals surface area contributed by atoms with Crippen molar-refractivity contribution in [2.75, 3.05) is 13.2 Å². The predicted molar refractivity (Wildman–Crippen MR) is 119 cm³/mol. The van der Waals surface area contributed by atoms with Crippen LogP contribution in [0.15, 0.2) is 77.6 Å². The van der Waals surface area contributed by atoms with Gasteiger partial charge in [0.05, 0.1) is 0 Å². The number of hydrogen-bond donors (Lipinski definition) is 2. The molecule has 6 nitrogen and oxygen atoms in total. The highest BCUT2D eigenvalue weighted by Gasteiger charge is 2.14. The van der Waals surface area contributed by atoms with E-state index < -0.39 is 11.5 Å². The highest BCUT2D eigenvalue weighted by atomic mass is 16.6. The number of nitrogens with one attached hydrogen (secondary N) is 2. The van der Waals surface area contributed by atoms with E-state index in [-0.39, 0.29) is 12.1 Å². The number of pyridine rings is 1. The molecule has 4 aromatic rings. The van der Waals surface area contributed by atoms with E-state index >= 15 is 0 Å². The number of rotatable bonds is 4. The minimum absolute atomic E-state index is 0.0709. The third kappa shape index (κ3) is 3.75. The van der Waals surface area contributed by atoms with Gasteiger partial charge in [-0.3, -0.25) is 9.59 Å². The number of aromatic amines is 1. The maximum atomic E-state index is 12.6. The van der Waals surface area contributed by atoms with E-state index in [1.807, 2.05) is 60.7 Å². The summed E-state index contributed by atoms with van der Waals surface area (Å²) in [6.45, 7) is 1.31. The Kier molecular flexibility index (Phi) is 4.88. The van der Waals surface area contributed by atoms with Gasteiger partial charge < -0.3 is 19.8 Å². The Balaban J connectivity index is 1.35. The SMILES string of the molecule is O=C(NCc1ccc2c(c1)OCCO2)c1ccc(-c2cccc3ccccc23)[nH]c1=O. The van der Waals surface area contributed by atoms with E-state index in [1.165, 1.54) is 0 Å². The quantitative estimate of drug-likeness (QED) is 0.533. The topological polar surface area (TPSA) is 80.4 Å². The standard InChI is InChI=1S/C25H20N2O4/c28-24(26-15-16-8-11-22-23(14-16)31-13-12-30-22)20-9-10-21(27-25(20)29)19-7-3-5-17-4-1-2-6-18(17)19/h1-11,14H,12-13,15H2,(H,26,28)(H,27,29). The van der Waals surface area contributed by atoms with E-state index in [0.29, 0.717) is 30.4 Å².